The number of hydrogen-bond donors (Lipinski definition) is 0. The van der Waals surface area contributed by atoms with Crippen molar-refractivity contribution in [3.63, 3.8) is 0 Å². The summed E-state index contributed by atoms with van der Waals surface area (Å²) in [5.74, 6) is 0.162. The molecule has 0 bridgehead atoms. The second-order valence-corrected chi connectivity index (χ2v) is 4.04. The maximum atomic E-state index is 11.0. The Morgan fingerprint density at radius 2 is 2.18 bits per heavy atom. The summed E-state index contributed by atoms with van der Waals surface area (Å²) in [5, 5.41) is 8.02. The van der Waals surface area contributed by atoms with Crippen LogP contribution < -0.4 is 0 Å². The lowest BCUT2D eigenvalue weighted by Crippen LogP contribution is -2.07. The highest BCUT2D eigenvalue weighted by molar-refractivity contribution is 5.71. The van der Waals surface area contributed by atoms with Crippen molar-refractivity contribution in [2.45, 2.75) is 25.3 Å². The number of hydrogen-bond acceptors (Lipinski definition) is 4. The zero-order valence-corrected chi connectivity index (χ0v) is 9.87. The van der Waals surface area contributed by atoms with Gasteiger partial charge < -0.3 is 4.74 Å². The maximum Gasteiger partial charge on any atom is 0.329 e. The number of nitrogens with zero attached hydrogens (tertiary/aromatic N) is 2. The molecule has 0 aliphatic heterocycles. The maximum absolute atomic E-state index is 11.0. The van der Waals surface area contributed by atoms with Crippen LogP contribution in [-0.2, 0) is 9.53 Å². The molecule has 0 heterocycles. The van der Waals surface area contributed by atoms with Crippen molar-refractivity contribution < 1.29 is 9.53 Å². The fourth-order valence-corrected chi connectivity index (χ4v) is 1.78. The van der Waals surface area contributed by atoms with E-state index >= 15 is 0 Å². The molecule has 0 amide bonds. The number of azo groups is 1. The van der Waals surface area contributed by atoms with E-state index in [2.05, 4.69) is 22.4 Å². The lowest BCUT2D eigenvalue weighted by atomic mass is 10.1. The summed E-state index contributed by atoms with van der Waals surface area (Å²) in [4.78, 5) is 11.0. The molecule has 2 rings (SSSR count). The Hall–Kier alpha value is -1.71. The quantitative estimate of drug-likeness (QED) is 0.578. The molecule has 0 spiro atoms. The smallest absolute Gasteiger partial charge is 0.329 e. The van der Waals surface area contributed by atoms with E-state index in [0.29, 0.717) is 12.5 Å². The number of rotatable bonds is 5. The van der Waals surface area contributed by atoms with Gasteiger partial charge in [-0.1, -0.05) is 30.3 Å². The molecule has 1 aliphatic rings. The molecule has 4 nitrogen and oxygen atoms in total. The van der Waals surface area contributed by atoms with Crippen molar-refractivity contribution >= 4 is 5.97 Å². The van der Waals surface area contributed by atoms with Crippen LogP contribution in [0.5, 0.6) is 0 Å². The average molecular weight is 232 g/mol. The third-order valence-corrected chi connectivity index (χ3v) is 2.72. The zero-order chi connectivity index (χ0) is 12.1. The minimum absolute atomic E-state index is 0.0336. The first kappa shape index (κ1) is 11.8. The van der Waals surface area contributed by atoms with E-state index in [1.807, 2.05) is 18.2 Å². The standard InChI is InChI=1S/C13H16N2O2/c1-2-17-13(16)9-14-15-12-8-11(12)10-6-4-3-5-7-10/h3-7,11-12H,2,8-9H2,1H3/t11-,12-/m0/s1. The number of carbonyl (C=O) groups excluding carboxylic acids is 1. The SMILES string of the molecule is CCOC(=O)CN=N[C@H]1C[C@H]1c1ccccc1. The summed E-state index contributed by atoms with van der Waals surface area (Å²) in [5.41, 5.74) is 1.30. The van der Waals surface area contributed by atoms with Crippen LogP contribution in [0.15, 0.2) is 40.6 Å². The van der Waals surface area contributed by atoms with Crippen molar-refractivity contribution in [2.24, 2.45) is 10.2 Å². The van der Waals surface area contributed by atoms with Gasteiger partial charge in [-0.2, -0.15) is 10.2 Å². The fraction of sp³-hybridized carbons (Fsp3) is 0.462. The van der Waals surface area contributed by atoms with Crippen LogP contribution in [0.25, 0.3) is 0 Å². The average Bonchev–Trinajstić information content (AvgIpc) is 3.10. The highest BCUT2D eigenvalue weighted by atomic mass is 16.5. The van der Waals surface area contributed by atoms with E-state index < -0.39 is 0 Å². The summed E-state index contributed by atoms with van der Waals surface area (Å²) < 4.78 is 4.76. The summed E-state index contributed by atoms with van der Waals surface area (Å²) in [6, 6.07) is 10.5. The number of carbonyl (C=O) groups is 1. The van der Waals surface area contributed by atoms with Gasteiger partial charge in [0.1, 0.15) is 0 Å². The molecule has 0 N–H and O–H groups in total. The molecule has 1 saturated carbocycles. The first-order chi connectivity index (χ1) is 8.31. The van der Waals surface area contributed by atoms with Crippen LogP contribution in [0.4, 0.5) is 0 Å². The minimum Gasteiger partial charge on any atom is -0.465 e. The van der Waals surface area contributed by atoms with E-state index in [-0.39, 0.29) is 18.6 Å². The van der Waals surface area contributed by atoms with Crippen LogP contribution in [0, 0.1) is 0 Å². The molecule has 1 aliphatic carbocycles. The van der Waals surface area contributed by atoms with Crippen LogP contribution in [0.3, 0.4) is 0 Å². The van der Waals surface area contributed by atoms with Gasteiger partial charge in [-0.25, -0.2) is 4.79 Å². The first-order valence-electron chi connectivity index (χ1n) is 5.88. The predicted octanol–water partition coefficient (Wildman–Crippen LogP) is 2.56. The van der Waals surface area contributed by atoms with Gasteiger partial charge in [0.15, 0.2) is 6.54 Å². The molecule has 0 unspecified atom stereocenters. The van der Waals surface area contributed by atoms with Gasteiger partial charge in [0, 0.05) is 5.92 Å². The molecule has 0 aromatic heterocycles. The van der Waals surface area contributed by atoms with Crippen molar-refractivity contribution in [3.8, 4) is 0 Å². The molecule has 1 fully saturated rings. The summed E-state index contributed by atoms with van der Waals surface area (Å²) >= 11 is 0. The highest BCUT2D eigenvalue weighted by Crippen LogP contribution is 2.43. The third kappa shape index (κ3) is 3.37. The van der Waals surface area contributed by atoms with E-state index in [4.69, 9.17) is 4.74 Å². The van der Waals surface area contributed by atoms with Crippen LogP contribution in [0.1, 0.15) is 24.8 Å². The van der Waals surface area contributed by atoms with E-state index in [9.17, 15) is 4.79 Å². The Kier molecular flexibility index (Phi) is 3.85. The summed E-state index contributed by atoms with van der Waals surface area (Å²) in [7, 11) is 0. The predicted molar refractivity (Wildman–Crippen MR) is 63.9 cm³/mol. The Morgan fingerprint density at radius 1 is 1.41 bits per heavy atom. The molecule has 2 atom stereocenters. The normalized spacial score (nSPS) is 22.6. The van der Waals surface area contributed by atoms with Crippen molar-refractivity contribution in [2.75, 3.05) is 13.2 Å². The largest absolute Gasteiger partial charge is 0.465 e. The summed E-state index contributed by atoms with van der Waals surface area (Å²) in [6.07, 6.45) is 1.02. The van der Waals surface area contributed by atoms with Crippen molar-refractivity contribution in [1.82, 2.24) is 0 Å². The Bertz CT molecular complexity index is 403. The number of benzene rings is 1. The molecule has 4 heteroatoms. The van der Waals surface area contributed by atoms with Gasteiger partial charge in [-0.3, -0.25) is 0 Å². The number of esters is 1. The van der Waals surface area contributed by atoms with Gasteiger partial charge in [-0.05, 0) is 18.9 Å². The van der Waals surface area contributed by atoms with Crippen LogP contribution in [0.2, 0.25) is 0 Å². The van der Waals surface area contributed by atoms with E-state index in [1.165, 1.54) is 5.56 Å². The highest BCUT2D eigenvalue weighted by Gasteiger charge is 2.38. The van der Waals surface area contributed by atoms with Gasteiger partial charge in [0.25, 0.3) is 0 Å². The molecular weight excluding hydrogens is 216 g/mol. The van der Waals surface area contributed by atoms with E-state index in [1.54, 1.807) is 6.92 Å². The van der Waals surface area contributed by atoms with Gasteiger partial charge in [0.2, 0.25) is 0 Å². The molecular formula is C13H16N2O2. The van der Waals surface area contributed by atoms with Crippen LogP contribution >= 0.6 is 0 Å². The first-order valence-corrected chi connectivity index (χ1v) is 5.88. The summed E-state index contributed by atoms with van der Waals surface area (Å²) in [6.45, 7) is 2.21. The number of ether oxygens (including phenoxy) is 1. The molecule has 0 saturated heterocycles. The van der Waals surface area contributed by atoms with Crippen molar-refractivity contribution in [3.05, 3.63) is 35.9 Å². The molecule has 0 radical (unpaired) electrons. The Morgan fingerprint density at radius 3 is 2.88 bits per heavy atom. The second-order valence-electron chi connectivity index (χ2n) is 4.04. The second kappa shape index (κ2) is 5.57. The van der Waals surface area contributed by atoms with Gasteiger partial charge in [0.05, 0.1) is 12.6 Å². The van der Waals surface area contributed by atoms with Crippen LogP contribution in [-0.4, -0.2) is 25.2 Å². The molecule has 90 valence electrons. The van der Waals surface area contributed by atoms with Gasteiger partial charge >= 0.3 is 5.97 Å². The monoisotopic (exact) mass is 232 g/mol. The Balaban J connectivity index is 1.76. The fourth-order valence-electron chi connectivity index (χ4n) is 1.78. The molecule has 17 heavy (non-hydrogen) atoms. The molecule has 1 aromatic rings. The van der Waals surface area contributed by atoms with E-state index in [0.717, 1.165) is 6.42 Å². The Labute approximate surface area is 101 Å². The lowest BCUT2D eigenvalue weighted by molar-refractivity contribution is -0.141. The topological polar surface area (TPSA) is 51.0 Å². The molecule has 1 aromatic carbocycles. The zero-order valence-electron chi connectivity index (χ0n) is 9.87. The third-order valence-electron chi connectivity index (χ3n) is 2.72. The lowest BCUT2D eigenvalue weighted by Gasteiger charge is -1.97. The van der Waals surface area contributed by atoms with Crippen molar-refractivity contribution in [1.29, 1.82) is 0 Å². The van der Waals surface area contributed by atoms with Gasteiger partial charge in [-0.15, -0.1) is 0 Å². The minimum atomic E-state index is -0.312.